The van der Waals surface area contributed by atoms with Gasteiger partial charge in [0.25, 0.3) is 5.91 Å². The molecular formula is C21H19ClN2O5S2. The van der Waals surface area contributed by atoms with E-state index in [0.29, 0.717) is 32.9 Å². The molecular weight excluding hydrogens is 460 g/mol. The van der Waals surface area contributed by atoms with Crippen molar-refractivity contribution in [1.82, 2.24) is 10.2 Å². The second-order valence-electron chi connectivity index (χ2n) is 6.40. The molecule has 3 rings (SSSR count). The molecule has 31 heavy (non-hydrogen) atoms. The van der Waals surface area contributed by atoms with Gasteiger partial charge < -0.3 is 19.5 Å². The van der Waals surface area contributed by atoms with Crippen LogP contribution in [0.4, 0.5) is 0 Å². The zero-order valence-corrected chi connectivity index (χ0v) is 19.0. The lowest BCUT2D eigenvalue weighted by atomic mass is 10.1. The van der Waals surface area contributed by atoms with Gasteiger partial charge in [-0.1, -0.05) is 42.2 Å². The van der Waals surface area contributed by atoms with E-state index in [1.165, 1.54) is 18.9 Å². The number of carbonyl (C=O) groups excluding carboxylic acids is 2. The van der Waals surface area contributed by atoms with Crippen molar-refractivity contribution < 1.29 is 23.8 Å². The van der Waals surface area contributed by atoms with E-state index in [0.717, 1.165) is 11.1 Å². The van der Waals surface area contributed by atoms with Crippen molar-refractivity contribution >= 4 is 58.0 Å². The number of hydrogen-bond donors (Lipinski definition) is 2. The molecule has 1 aliphatic heterocycles. The number of halogens is 1. The average Bonchev–Trinajstić information content (AvgIpc) is 3.09. The van der Waals surface area contributed by atoms with E-state index in [2.05, 4.69) is 10.2 Å². The largest absolute Gasteiger partial charge is 0.493 e. The Morgan fingerprint density at radius 2 is 1.97 bits per heavy atom. The van der Waals surface area contributed by atoms with Crippen molar-refractivity contribution in [3.05, 3.63) is 58.5 Å². The molecule has 1 saturated heterocycles. The van der Waals surface area contributed by atoms with Crippen LogP contribution in [0.1, 0.15) is 11.1 Å². The number of hydrogen-bond acceptors (Lipinski definition) is 8. The Morgan fingerprint density at radius 1 is 1.23 bits per heavy atom. The van der Waals surface area contributed by atoms with Crippen LogP contribution in [0.15, 0.2) is 47.4 Å². The van der Waals surface area contributed by atoms with E-state index in [9.17, 15) is 9.59 Å². The highest BCUT2D eigenvalue weighted by Crippen LogP contribution is 2.34. The van der Waals surface area contributed by atoms with Gasteiger partial charge in [-0.15, -0.1) is 0 Å². The van der Waals surface area contributed by atoms with E-state index in [-0.39, 0.29) is 5.91 Å². The minimum atomic E-state index is -0.644. The first-order valence-electron chi connectivity index (χ1n) is 9.07. The molecule has 1 fully saturated rings. The normalized spacial score (nSPS) is 15.5. The first-order chi connectivity index (χ1) is 14.9. The quantitative estimate of drug-likeness (QED) is 0.256. The first kappa shape index (κ1) is 23.1. The summed E-state index contributed by atoms with van der Waals surface area (Å²) < 4.78 is 16.5. The summed E-state index contributed by atoms with van der Waals surface area (Å²) in [7, 11) is 2.85. The molecule has 162 valence electrons. The van der Waals surface area contributed by atoms with Crippen LogP contribution < -0.4 is 19.6 Å². The molecule has 1 heterocycles. The fraction of sp³-hybridized carbons (Fsp3) is 0.190. The third-order valence-electron chi connectivity index (χ3n) is 4.34. The number of amides is 1. The Bertz CT molecular complexity index is 1030. The van der Waals surface area contributed by atoms with Crippen LogP contribution >= 0.6 is 35.8 Å². The summed E-state index contributed by atoms with van der Waals surface area (Å²) in [5.41, 5.74) is 1.67. The maximum absolute atomic E-state index is 11.8. The topological polar surface area (TPSA) is 85.9 Å². The maximum atomic E-state index is 11.8. The fourth-order valence-electron chi connectivity index (χ4n) is 2.80. The lowest BCUT2D eigenvalue weighted by Gasteiger charge is -2.13. The smallest absolute Gasteiger partial charge is 0.324 e. The van der Waals surface area contributed by atoms with Gasteiger partial charge in [0.2, 0.25) is 0 Å². The SMILES string of the molecule is COC(=O)[C@H](Cc1ccc(Oc2ccc(/C=C3\SC(=S)NC3=O)cc2OC)cc1)NCl. The molecule has 1 aliphatic rings. The van der Waals surface area contributed by atoms with Gasteiger partial charge in [-0.3, -0.25) is 9.59 Å². The minimum Gasteiger partial charge on any atom is -0.493 e. The molecule has 0 aromatic heterocycles. The number of nitrogens with one attached hydrogen (secondary N) is 2. The zero-order valence-electron chi connectivity index (χ0n) is 16.6. The summed E-state index contributed by atoms with van der Waals surface area (Å²) in [4.78, 5) is 26.4. The third-order valence-corrected chi connectivity index (χ3v) is 5.76. The van der Waals surface area contributed by atoms with Crippen LogP contribution in [0.3, 0.4) is 0 Å². The van der Waals surface area contributed by atoms with Crippen LogP contribution in [0.5, 0.6) is 17.2 Å². The molecule has 2 N–H and O–H groups in total. The predicted octanol–water partition coefficient (Wildman–Crippen LogP) is 3.80. The maximum Gasteiger partial charge on any atom is 0.324 e. The van der Waals surface area contributed by atoms with Crippen molar-refractivity contribution in [2.24, 2.45) is 0 Å². The van der Waals surface area contributed by atoms with E-state index in [4.69, 9.17) is 38.2 Å². The minimum absolute atomic E-state index is 0.215. The van der Waals surface area contributed by atoms with Crippen molar-refractivity contribution in [3.8, 4) is 17.2 Å². The van der Waals surface area contributed by atoms with Crippen molar-refractivity contribution in [1.29, 1.82) is 0 Å². The van der Waals surface area contributed by atoms with Crippen LogP contribution in [-0.2, 0) is 20.7 Å². The Labute approximate surface area is 194 Å². The van der Waals surface area contributed by atoms with Gasteiger partial charge in [0.1, 0.15) is 16.1 Å². The predicted molar refractivity (Wildman–Crippen MR) is 124 cm³/mol. The van der Waals surface area contributed by atoms with Crippen LogP contribution in [0, 0.1) is 0 Å². The first-order valence-corrected chi connectivity index (χ1v) is 10.7. The van der Waals surface area contributed by atoms with Gasteiger partial charge in [0.05, 0.1) is 19.1 Å². The summed E-state index contributed by atoms with van der Waals surface area (Å²) in [5, 5.41) is 2.58. The van der Waals surface area contributed by atoms with Gasteiger partial charge in [-0.05, 0) is 59.7 Å². The van der Waals surface area contributed by atoms with Gasteiger partial charge >= 0.3 is 5.97 Å². The molecule has 2 aromatic carbocycles. The standard InChI is InChI=1S/C21H19ClN2O5S2/c1-27-17-10-13(11-18-19(25)23-21(30)31-18)5-8-16(17)29-14-6-3-12(4-7-14)9-15(24-22)20(26)28-2/h3-8,10-11,15,24H,9H2,1-2H3,(H,23,25,30)/b18-11-/t15-/m0/s1. The Morgan fingerprint density at radius 3 is 2.55 bits per heavy atom. The lowest BCUT2D eigenvalue weighted by Crippen LogP contribution is -2.33. The van der Waals surface area contributed by atoms with Crippen molar-refractivity contribution in [2.45, 2.75) is 12.5 Å². The lowest BCUT2D eigenvalue weighted by molar-refractivity contribution is -0.142. The van der Waals surface area contributed by atoms with Gasteiger partial charge in [-0.2, -0.15) is 0 Å². The van der Waals surface area contributed by atoms with E-state index < -0.39 is 12.0 Å². The zero-order chi connectivity index (χ0) is 22.4. The van der Waals surface area contributed by atoms with Gasteiger partial charge in [0, 0.05) is 0 Å². The summed E-state index contributed by atoms with van der Waals surface area (Å²) >= 11 is 11.8. The van der Waals surface area contributed by atoms with E-state index in [1.54, 1.807) is 37.5 Å². The molecule has 10 heteroatoms. The molecule has 1 atom stereocenters. The Balaban J connectivity index is 1.72. The molecule has 7 nitrogen and oxygen atoms in total. The van der Waals surface area contributed by atoms with Crippen LogP contribution in [-0.4, -0.2) is 36.5 Å². The summed E-state index contributed by atoms with van der Waals surface area (Å²) in [6, 6.07) is 12.0. The molecule has 0 unspecified atom stereocenters. The average molecular weight is 479 g/mol. The number of thiocarbonyl (C=S) groups is 1. The second kappa shape index (κ2) is 10.6. The number of ether oxygens (including phenoxy) is 3. The van der Waals surface area contributed by atoms with Gasteiger partial charge in [0.15, 0.2) is 11.5 Å². The molecule has 1 amide bonds. The second-order valence-corrected chi connectivity index (χ2v) is 8.33. The number of benzene rings is 2. The highest BCUT2D eigenvalue weighted by Gasteiger charge is 2.22. The Hall–Kier alpha value is -2.59. The molecule has 0 saturated carbocycles. The molecule has 2 aromatic rings. The summed E-state index contributed by atoms with van der Waals surface area (Å²) in [6.45, 7) is 0. The van der Waals surface area contributed by atoms with Crippen LogP contribution in [0.2, 0.25) is 0 Å². The number of methoxy groups -OCH3 is 2. The van der Waals surface area contributed by atoms with Gasteiger partial charge in [-0.25, -0.2) is 4.84 Å². The van der Waals surface area contributed by atoms with E-state index in [1.807, 2.05) is 18.2 Å². The molecule has 0 bridgehead atoms. The highest BCUT2D eigenvalue weighted by atomic mass is 35.5. The van der Waals surface area contributed by atoms with Crippen LogP contribution in [0.25, 0.3) is 6.08 Å². The highest BCUT2D eigenvalue weighted by molar-refractivity contribution is 8.26. The Kier molecular flexibility index (Phi) is 7.91. The summed E-state index contributed by atoms with van der Waals surface area (Å²) in [5.74, 6) is 0.976. The molecule has 0 aliphatic carbocycles. The fourth-order valence-corrected chi connectivity index (χ4v) is 4.01. The van der Waals surface area contributed by atoms with Crippen molar-refractivity contribution in [3.63, 3.8) is 0 Å². The molecule has 0 radical (unpaired) electrons. The number of rotatable bonds is 8. The van der Waals surface area contributed by atoms with E-state index >= 15 is 0 Å². The number of esters is 1. The summed E-state index contributed by atoms with van der Waals surface area (Å²) in [6.07, 6.45) is 2.11. The molecule has 0 spiro atoms. The number of carbonyl (C=O) groups is 2. The third kappa shape index (κ3) is 5.98. The van der Waals surface area contributed by atoms with Crippen molar-refractivity contribution in [2.75, 3.05) is 14.2 Å². The number of thioether (sulfide) groups is 1. The monoisotopic (exact) mass is 478 g/mol.